The van der Waals surface area contributed by atoms with Crippen LogP contribution in [0.3, 0.4) is 0 Å². The first kappa shape index (κ1) is 25.3. The van der Waals surface area contributed by atoms with Gasteiger partial charge in [-0.1, -0.05) is 69.5 Å². The van der Waals surface area contributed by atoms with E-state index < -0.39 is 5.91 Å². The van der Waals surface area contributed by atoms with E-state index in [1.54, 1.807) is 48.5 Å². The first-order valence-corrected chi connectivity index (χ1v) is 12.6. The summed E-state index contributed by atoms with van der Waals surface area (Å²) < 4.78 is 6.44. The number of anilines is 1. The van der Waals surface area contributed by atoms with Crippen LogP contribution in [0.4, 0.5) is 10.5 Å². The van der Waals surface area contributed by atoms with Gasteiger partial charge in [-0.05, 0) is 65.4 Å². The highest BCUT2D eigenvalue weighted by molar-refractivity contribution is 9.10. The standard InChI is InChI=1S/C25H17BrCl2N2O4S/c26-17-8-5-15(6-9-17)13-30-24(32)22(35-25(30)33)12-16-7-10-21(19(28)11-16)34-14-23(31)29-20-4-2-1-3-18(20)27/h1-12H,13-14H2,(H,29,31)/b22-12-. The van der Waals surface area contributed by atoms with Crippen LogP contribution in [0.25, 0.3) is 6.08 Å². The summed E-state index contributed by atoms with van der Waals surface area (Å²) in [6.07, 6.45) is 1.60. The average molecular weight is 592 g/mol. The van der Waals surface area contributed by atoms with Crippen molar-refractivity contribution in [1.82, 2.24) is 4.90 Å². The molecule has 35 heavy (non-hydrogen) atoms. The molecule has 178 valence electrons. The second-order valence-electron chi connectivity index (χ2n) is 7.40. The van der Waals surface area contributed by atoms with Gasteiger partial charge in [0, 0.05) is 4.47 Å². The fourth-order valence-corrected chi connectivity index (χ4v) is 4.71. The van der Waals surface area contributed by atoms with E-state index in [1.807, 2.05) is 24.3 Å². The number of carbonyl (C=O) groups is 3. The summed E-state index contributed by atoms with van der Waals surface area (Å²) in [5, 5.41) is 3.01. The van der Waals surface area contributed by atoms with Gasteiger partial charge in [0.1, 0.15) is 5.75 Å². The summed E-state index contributed by atoms with van der Waals surface area (Å²) in [4.78, 5) is 38.9. The largest absolute Gasteiger partial charge is 0.482 e. The fraction of sp³-hybridized carbons (Fsp3) is 0.0800. The zero-order valence-corrected chi connectivity index (χ0v) is 21.9. The molecule has 1 heterocycles. The molecule has 1 aliphatic rings. The second-order valence-corrected chi connectivity index (χ2v) is 10.1. The highest BCUT2D eigenvalue weighted by atomic mass is 79.9. The molecule has 1 N–H and O–H groups in total. The van der Waals surface area contributed by atoms with Crippen molar-refractivity contribution in [3.05, 3.63) is 97.3 Å². The Morgan fingerprint density at radius 3 is 2.49 bits per heavy atom. The van der Waals surface area contributed by atoms with Gasteiger partial charge in [0.2, 0.25) is 0 Å². The minimum Gasteiger partial charge on any atom is -0.482 e. The van der Waals surface area contributed by atoms with Gasteiger partial charge in [0.15, 0.2) is 6.61 Å². The number of imide groups is 1. The molecular formula is C25H17BrCl2N2O4S. The van der Waals surface area contributed by atoms with E-state index in [1.165, 1.54) is 4.90 Å². The molecule has 0 aromatic heterocycles. The summed E-state index contributed by atoms with van der Waals surface area (Å²) in [6, 6.07) is 19.2. The number of benzene rings is 3. The monoisotopic (exact) mass is 590 g/mol. The molecule has 1 fully saturated rings. The van der Waals surface area contributed by atoms with Crippen molar-refractivity contribution in [2.75, 3.05) is 11.9 Å². The van der Waals surface area contributed by atoms with Crippen molar-refractivity contribution in [2.24, 2.45) is 0 Å². The van der Waals surface area contributed by atoms with Crippen LogP contribution in [0, 0.1) is 0 Å². The number of thioether (sulfide) groups is 1. The lowest BCUT2D eigenvalue weighted by molar-refractivity contribution is -0.123. The fourth-order valence-electron chi connectivity index (χ4n) is 3.18. The highest BCUT2D eigenvalue weighted by Crippen LogP contribution is 2.35. The lowest BCUT2D eigenvalue weighted by atomic mass is 10.2. The summed E-state index contributed by atoms with van der Waals surface area (Å²) in [7, 11) is 0. The third kappa shape index (κ3) is 6.46. The maximum Gasteiger partial charge on any atom is 0.293 e. The lowest BCUT2D eigenvalue weighted by Gasteiger charge is -2.12. The number of ether oxygens (including phenoxy) is 1. The third-order valence-electron chi connectivity index (χ3n) is 4.89. The van der Waals surface area contributed by atoms with Crippen molar-refractivity contribution in [3.8, 4) is 5.75 Å². The van der Waals surface area contributed by atoms with Crippen LogP contribution >= 0.6 is 50.9 Å². The van der Waals surface area contributed by atoms with Crippen molar-refractivity contribution in [1.29, 1.82) is 0 Å². The number of nitrogens with zero attached hydrogens (tertiary/aromatic N) is 1. The maximum atomic E-state index is 12.8. The van der Waals surface area contributed by atoms with E-state index in [9.17, 15) is 14.4 Å². The van der Waals surface area contributed by atoms with Gasteiger partial charge in [-0.25, -0.2) is 0 Å². The van der Waals surface area contributed by atoms with Gasteiger partial charge in [-0.15, -0.1) is 0 Å². The number of carbonyl (C=O) groups excluding carboxylic acids is 3. The Morgan fingerprint density at radius 2 is 1.77 bits per heavy atom. The molecule has 4 rings (SSSR count). The average Bonchev–Trinajstić information content (AvgIpc) is 3.08. The summed E-state index contributed by atoms with van der Waals surface area (Å²) in [5.41, 5.74) is 1.95. The molecule has 0 aliphatic carbocycles. The Balaban J connectivity index is 1.39. The molecule has 0 atom stereocenters. The number of nitrogens with one attached hydrogen (secondary N) is 1. The number of hydrogen-bond donors (Lipinski definition) is 1. The van der Waals surface area contributed by atoms with Crippen LogP contribution in [0.15, 0.2) is 76.1 Å². The minimum atomic E-state index is -0.391. The summed E-state index contributed by atoms with van der Waals surface area (Å²) >= 11 is 16.6. The molecule has 6 nitrogen and oxygen atoms in total. The third-order valence-corrected chi connectivity index (χ3v) is 6.95. The first-order valence-electron chi connectivity index (χ1n) is 10.3. The normalized spacial score (nSPS) is 14.5. The Kier molecular flexibility index (Phi) is 8.18. The van der Waals surface area contributed by atoms with Crippen molar-refractivity contribution in [2.45, 2.75) is 6.54 Å². The minimum absolute atomic E-state index is 0.194. The predicted molar refractivity (Wildman–Crippen MR) is 143 cm³/mol. The molecule has 10 heteroatoms. The van der Waals surface area contributed by atoms with Crippen LogP contribution in [0.2, 0.25) is 10.0 Å². The molecule has 1 aliphatic heterocycles. The van der Waals surface area contributed by atoms with Crippen molar-refractivity contribution >= 4 is 79.7 Å². The van der Waals surface area contributed by atoms with Crippen LogP contribution in [-0.4, -0.2) is 28.6 Å². The van der Waals surface area contributed by atoms with E-state index in [4.69, 9.17) is 27.9 Å². The summed E-state index contributed by atoms with van der Waals surface area (Å²) in [5.74, 6) is -0.449. The molecule has 3 amide bonds. The van der Waals surface area contributed by atoms with Crippen molar-refractivity contribution in [3.63, 3.8) is 0 Å². The van der Waals surface area contributed by atoms with E-state index in [-0.39, 0.29) is 29.3 Å². The van der Waals surface area contributed by atoms with Gasteiger partial charge >= 0.3 is 0 Å². The molecule has 3 aromatic carbocycles. The number of rotatable bonds is 7. The van der Waals surface area contributed by atoms with Gasteiger partial charge in [0.25, 0.3) is 17.1 Å². The van der Waals surface area contributed by atoms with E-state index in [0.717, 1.165) is 21.8 Å². The Morgan fingerprint density at radius 1 is 1.03 bits per heavy atom. The topological polar surface area (TPSA) is 75.7 Å². The molecular weight excluding hydrogens is 575 g/mol. The van der Waals surface area contributed by atoms with Gasteiger partial charge in [-0.3, -0.25) is 19.3 Å². The van der Waals surface area contributed by atoms with Gasteiger partial charge in [-0.2, -0.15) is 0 Å². The molecule has 0 unspecified atom stereocenters. The van der Waals surface area contributed by atoms with E-state index in [0.29, 0.717) is 26.9 Å². The number of hydrogen-bond acceptors (Lipinski definition) is 5. The van der Waals surface area contributed by atoms with Crippen LogP contribution in [0.5, 0.6) is 5.75 Å². The Bertz CT molecular complexity index is 1330. The second kappa shape index (κ2) is 11.3. The number of amides is 3. The number of para-hydroxylation sites is 1. The van der Waals surface area contributed by atoms with Crippen LogP contribution in [-0.2, 0) is 16.1 Å². The maximum absolute atomic E-state index is 12.8. The molecule has 0 saturated carbocycles. The van der Waals surface area contributed by atoms with Crippen LogP contribution in [0.1, 0.15) is 11.1 Å². The van der Waals surface area contributed by atoms with E-state index >= 15 is 0 Å². The molecule has 1 saturated heterocycles. The lowest BCUT2D eigenvalue weighted by Crippen LogP contribution is -2.27. The zero-order valence-electron chi connectivity index (χ0n) is 18.0. The Hall–Kier alpha value is -2.78. The quantitative estimate of drug-likeness (QED) is 0.299. The smallest absolute Gasteiger partial charge is 0.293 e. The van der Waals surface area contributed by atoms with Gasteiger partial charge < -0.3 is 10.1 Å². The number of halogens is 3. The SMILES string of the molecule is O=C(COc1ccc(/C=C2\SC(=O)N(Cc3ccc(Br)cc3)C2=O)cc1Cl)Nc1ccccc1Cl. The van der Waals surface area contributed by atoms with E-state index in [2.05, 4.69) is 21.2 Å². The molecule has 0 radical (unpaired) electrons. The van der Waals surface area contributed by atoms with Crippen LogP contribution < -0.4 is 10.1 Å². The zero-order chi connectivity index (χ0) is 24.9. The first-order chi connectivity index (χ1) is 16.8. The highest BCUT2D eigenvalue weighted by Gasteiger charge is 2.35. The molecule has 3 aromatic rings. The molecule has 0 bridgehead atoms. The summed E-state index contributed by atoms with van der Waals surface area (Å²) in [6.45, 7) is -0.0711. The van der Waals surface area contributed by atoms with Crippen molar-refractivity contribution < 1.29 is 19.1 Å². The predicted octanol–water partition coefficient (Wildman–Crippen LogP) is 7.01. The Labute approximate surface area is 224 Å². The van der Waals surface area contributed by atoms with Gasteiger partial charge in [0.05, 0.1) is 27.2 Å². The molecule has 0 spiro atoms.